The molecule has 1 saturated carbocycles. The van der Waals surface area contributed by atoms with Crippen molar-refractivity contribution in [3.05, 3.63) is 29.6 Å². The summed E-state index contributed by atoms with van der Waals surface area (Å²) in [5, 5.41) is 2.69. The van der Waals surface area contributed by atoms with Gasteiger partial charge in [-0.25, -0.2) is 4.39 Å². The van der Waals surface area contributed by atoms with Crippen LogP contribution in [-0.4, -0.2) is 5.91 Å². The number of rotatable bonds is 4. The molecule has 2 rings (SSSR count). The molecule has 0 aromatic heterocycles. The van der Waals surface area contributed by atoms with Gasteiger partial charge in [0.25, 0.3) is 0 Å². The zero-order chi connectivity index (χ0) is 13.0. The van der Waals surface area contributed by atoms with Crippen LogP contribution in [-0.2, 0) is 4.79 Å². The molecule has 0 atom stereocenters. The zero-order valence-corrected chi connectivity index (χ0v) is 10.8. The Morgan fingerprint density at radius 2 is 2.11 bits per heavy atom. The number of benzene rings is 1. The van der Waals surface area contributed by atoms with E-state index in [9.17, 15) is 9.18 Å². The van der Waals surface area contributed by atoms with Crippen LogP contribution < -0.4 is 5.32 Å². The molecule has 1 fully saturated rings. The van der Waals surface area contributed by atoms with E-state index in [2.05, 4.69) is 5.32 Å². The normalized spacial score (nSPS) is 15.9. The minimum Gasteiger partial charge on any atom is -0.323 e. The Balaban J connectivity index is 1.86. The highest BCUT2D eigenvalue weighted by Gasteiger charge is 2.17. The number of carbonyl (C=O) groups excluding carboxylic acids is 1. The number of carbonyl (C=O) groups is 1. The summed E-state index contributed by atoms with van der Waals surface area (Å²) in [6, 6.07) is 4.83. The van der Waals surface area contributed by atoms with Gasteiger partial charge in [-0.15, -0.1) is 0 Å². The predicted molar refractivity (Wildman–Crippen MR) is 71.0 cm³/mol. The third-order valence-electron chi connectivity index (χ3n) is 3.74. The van der Waals surface area contributed by atoms with Crippen molar-refractivity contribution in [1.29, 1.82) is 0 Å². The SMILES string of the molecule is Cc1cccc(F)c1NC(=O)CCC1CCCC1. The van der Waals surface area contributed by atoms with Gasteiger partial charge in [0.1, 0.15) is 5.82 Å². The van der Waals surface area contributed by atoms with Crippen LogP contribution in [0, 0.1) is 18.7 Å². The molecule has 0 spiro atoms. The van der Waals surface area contributed by atoms with E-state index >= 15 is 0 Å². The Labute approximate surface area is 108 Å². The second kappa shape index (κ2) is 5.98. The average molecular weight is 249 g/mol. The zero-order valence-electron chi connectivity index (χ0n) is 10.8. The van der Waals surface area contributed by atoms with Crippen LogP contribution in [0.25, 0.3) is 0 Å². The van der Waals surface area contributed by atoms with Crippen LogP contribution in [0.4, 0.5) is 10.1 Å². The van der Waals surface area contributed by atoms with E-state index in [4.69, 9.17) is 0 Å². The van der Waals surface area contributed by atoms with E-state index in [1.807, 2.05) is 0 Å². The number of halogens is 1. The molecule has 1 aliphatic carbocycles. The van der Waals surface area contributed by atoms with E-state index in [1.54, 1.807) is 19.1 Å². The van der Waals surface area contributed by atoms with E-state index in [-0.39, 0.29) is 11.7 Å². The maximum Gasteiger partial charge on any atom is 0.224 e. The van der Waals surface area contributed by atoms with E-state index < -0.39 is 0 Å². The Kier molecular flexibility index (Phi) is 4.34. The highest BCUT2D eigenvalue weighted by atomic mass is 19.1. The summed E-state index contributed by atoms with van der Waals surface area (Å²) >= 11 is 0. The first-order valence-corrected chi connectivity index (χ1v) is 6.72. The molecule has 2 nitrogen and oxygen atoms in total. The summed E-state index contributed by atoms with van der Waals surface area (Å²) in [4.78, 5) is 11.8. The first kappa shape index (κ1) is 13.1. The highest BCUT2D eigenvalue weighted by molar-refractivity contribution is 5.91. The molecule has 0 saturated heterocycles. The molecule has 1 aliphatic rings. The minimum atomic E-state index is -0.357. The third-order valence-corrected chi connectivity index (χ3v) is 3.74. The molecule has 98 valence electrons. The van der Waals surface area contributed by atoms with E-state index in [1.165, 1.54) is 31.7 Å². The van der Waals surface area contributed by atoms with Crippen molar-refractivity contribution < 1.29 is 9.18 Å². The summed E-state index contributed by atoms with van der Waals surface area (Å²) in [6.45, 7) is 1.80. The Morgan fingerprint density at radius 3 is 2.78 bits per heavy atom. The van der Waals surface area contributed by atoms with Crippen molar-refractivity contribution in [1.82, 2.24) is 0 Å². The topological polar surface area (TPSA) is 29.1 Å². The molecule has 1 aromatic rings. The quantitative estimate of drug-likeness (QED) is 0.857. The lowest BCUT2D eigenvalue weighted by Crippen LogP contribution is -2.14. The first-order valence-electron chi connectivity index (χ1n) is 6.72. The maximum atomic E-state index is 13.5. The lowest BCUT2D eigenvalue weighted by Gasteiger charge is -2.11. The van der Waals surface area contributed by atoms with Gasteiger partial charge in [-0.3, -0.25) is 4.79 Å². The monoisotopic (exact) mass is 249 g/mol. The van der Waals surface area contributed by atoms with Crippen LogP contribution in [0.3, 0.4) is 0 Å². The molecule has 0 heterocycles. The van der Waals surface area contributed by atoms with Gasteiger partial charge < -0.3 is 5.32 Å². The molecule has 0 aliphatic heterocycles. The van der Waals surface area contributed by atoms with Crippen molar-refractivity contribution in [3.8, 4) is 0 Å². The molecule has 1 aromatic carbocycles. The van der Waals surface area contributed by atoms with Crippen molar-refractivity contribution in [2.45, 2.75) is 45.4 Å². The highest BCUT2D eigenvalue weighted by Crippen LogP contribution is 2.28. The fourth-order valence-corrected chi connectivity index (χ4v) is 2.63. The summed E-state index contributed by atoms with van der Waals surface area (Å²) in [5.74, 6) is 0.261. The minimum absolute atomic E-state index is 0.0740. The lowest BCUT2D eigenvalue weighted by atomic mass is 10.0. The van der Waals surface area contributed by atoms with E-state index in [0.29, 0.717) is 18.0 Å². The van der Waals surface area contributed by atoms with Crippen LogP contribution >= 0.6 is 0 Å². The van der Waals surface area contributed by atoms with Crippen molar-refractivity contribution in [2.75, 3.05) is 5.32 Å². The molecule has 0 unspecified atom stereocenters. The average Bonchev–Trinajstić information content (AvgIpc) is 2.84. The maximum absolute atomic E-state index is 13.5. The number of hydrogen-bond donors (Lipinski definition) is 1. The largest absolute Gasteiger partial charge is 0.323 e. The van der Waals surface area contributed by atoms with Gasteiger partial charge in [-0.2, -0.15) is 0 Å². The van der Waals surface area contributed by atoms with Gasteiger partial charge in [-0.05, 0) is 30.9 Å². The summed E-state index contributed by atoms with van der Waals surface area (Å²) < 4.78 is 13.5. The summed E-state index contributed by atoms with van der Waals surface area (Å²) in [7, 11) is 0. The number of para-hydroxylation sites is 1. The molecular formula is C15H20FNO. The lowest BCUT2D eigenvalue weighted by molar-refractivity contribution is -0.116. The Morgan fingerprint density at radius 1 is 1.39 bits per heavy atom. The second-order valence-corrected chi connectivity index (χ2v) is 5.17. The Hall–Kier alpha value is -1.38. The molecule has 3 heteroatoms. The molecular weight excluding hydrogens is 229 g/mol. The fourth-order valence-electron chi connectivity index (χ4n) is 2.63. The molecule has 18 heavy (non-hydrogen) atoms. The summed E-state index contributed by atoms with van der Waals surface area (Å²) in [5.41, 5.74) is 1.10. The molecule has 0 radical (unpaired) electrons. The molecule has 1 amide bonds. The number of aryl methyl sites for hydroxylation is 1. The van der Waals surface area contributed by atoms with Crippen molar-refractivity contribution in [2.24, 2.45) is 5.92 Å². The standard InChI is InChI=1S/C15H20FNO/c1-11-5-4-8-13(16)15(11)17-14(18)10-9-12-6-2-3-7-12/h4-5,8,12H,2-3,6-7,9-10H2,1H3,(H,17,18). The second-order valence-electron chi connectivity index (χ2n) is 5.17. The van der Waals surface area contributed by atoms with Gasteiger partial charge in [-0.1, -0.05) is 37.8 Å². The van der Waals surface area contributed by atoms with Crippen molar-refractivity contribution in [3.63, 3.8) is 0 Å². The van der Waals surface area contributed by atoms with Gasteiger partial charge in [0.2, 0.25) is 5.91 Å². The van der Waals surface area contributed by atoms with Crippen molar-refractivity contribution >= 4 is 11.6 Å². The van der Waals surface area contributed by atoms with Crippen LogP contribution in [0.5, 0.6) is 0 Å². The Bertz CT molecular complexity index is 404. The predicted octanol–water partition coefficient (Wildman–Crippen LogP) is 4.04. The third kappa shape index (κ3) is 3.31. The molecule has 0 bridgehead atoms. The fraction of sp³-hybridized carbons (Fsp3) is 0.533. The van der Waals surface area contributed by atoms with Crippen LogP contribution in [0.15, 0.2) is 18.2 Å². The molecule has 1 N–H and O–H groups in total. The van der Waals surface area contributed by atoms with Crippen LogP contribution in [0.2, 0.25) is 0 Å². The number of amides is 1. The summed E-state index contributed by atoms with van der Waals surface area (Å²) in [6.07, 6.45) is 6.49. The number of anilines is 1. The van der Waals surface area contributed by atoms with Gasteiger partial charge in [0.05, 0.1) is 5.69 Å². The van der Waals surface area contributed by atoms with Gasteiger partial charge >= 0.3 is 0 Å². The number of nitrogens with one attached hydrogen (secondary N) is 1. The first-order chi connectivity index (χ1) is 8.66. The smallest absolute Gasteiger partial charge is 0.224 e. The van der Waals surface area contributed by atoms with Crippen LogP contribution in [0.1, 0.15) is 44.1 Å². The number of hydrogen-bond acceptors (Lipinski definition) is 1. The van der Waals surface area contributed by atoms with Gasteiger partial charge in [0.15, 0.2) is 0 Å². The van der Waals surface area contributed by atoms with E-state index in [0.717, 1.165) is 12.0 Å². The van der Waals surface area contributed by atoms with Gasteiger partial charge in [0, 0.05) is 6.42 Å².